The van der Waals surface area contributed by atoms with Gasteiger partial charge in [-0.2, -0.15) is 0 Å². The molecule has 0 aliphatic heterocycles. The first-order valence-electron chi connectivity index (χ1n) is 4.97. The normalized spacial score (nSPS) is 11.6. The van der Waals surface area contributed by atoms with Gasteiger partial charge in [-0.25, -0.2) is 17.2 Å². The van der Waals surface area contributed by atoms with Crippen LogP contribution in [0.25, 0.3) is 0 Å². The van der Waals surface area contributed by atoms with E-state index in [1.807, 2.05) is 0 Å². The molecule has 2 aromatic carbocycles. The van der Waals surface area contributed by atoms with E-state index < -0.39 is 21.5 Å². The molecule has 0 N–H and O–H groups in total. The first-order valence-corrected chi connectivity index (χ1v) is 7.21. The standard InChI is InChI=1S/C12H6Cl2F2O2S/c13-9-3-1-7(5-11(9)15)19(17,18)8-2-4-10(14)12(16)6-8/h1-6H. The highest BCUT2D eigenvalue weighted by Crippen LogP contribution is 2.26. The van der Waals surface area contributed by atoms with E-state index in [0.29, 0.717) is 0 Å². The number of hydrogen-bond acceptors (Lipinski definition) is 2. The Balaban J connectivity index is 2.58. The van der Waals surface area contributed by atoms with Crippen molar-refractivity contribution in [2.24, 2.45) is 0 Å². The molecule has 0 fully saturated rings. The van der Waals surface area contributed by atoms with Gasteiger partial charge in [0.25, 0.3) is 0 Å². The van der Waals surface area contributed by atoms with Crippen molar-refractivity contribution < 1.29 is 17.2 Å². The van der Waals surface area contributed by atoms with Gasteiger partial charge in [-0.05, 0) is 36.4 Å². The van der Waals surface area contributed by atoms with Gasteiger partial charge in [0.15, 0.2) is 0 Å². The summed E-state index contributed by atoms with van der Waals surface area (Å²) in [5.74, 6) is -1.73. The van der Waals surface area contributed by atoms with Crippen LogP contribution in [0.3, 0.4) is 0 Å². The van der Waals surface area contributed by atoms with Crippen LogP contribution in [0.5, 0.6) is 0 Å². The summed E-state index contributed by atoms with van der Waals surface area (Å²) in [5.41, 5.74) is 0. The van der Waals surface area contributed by atoms with Crippen LogP contribution in [0.4, 0.5) is 8.78 Å². The maximum absolute atomic E-state index is 13.3. The van der Waals surface area contributed by atoms with Crippen molar-refractivity contribution in [1.29, 1.82) is 0 Å². The van der Waals surface area contributed by atoms with Gasteiger partial charge in [0.1, 0.15) is 11.6 Å². The van der Waals surface area contributed by atoms with E-state index in [0.717, 1.165) is 36.4 Å². The molecule has 0 heterocycles. The van der Waals surface area contributed by atoms with E-state index >= 15 is 0 Å². The van der Waals surface area contributed by atoms with Gasteiger partial charge in [0, 0.05) is 0 Å². The summed E-state index contributed by atoms with van der Waals surface area (Å²) >= 11 is 11.0. The number of sulfone groups is 1. The summed E-state index contributed by atoms with van der Waals surface area (Å²) in [6, 6.07) is 6.10. The lowest BCUT2D eigenvalue weighted by Crippen LogP contribution is -2.03. The van der Waals surface area contributed by atoms with Gasteiger partial charge in [-0.3, -0.25) is 0 Å². The van der Waals surface area contributed by atoms with Crippen molar-refractivity contribution in [3.63, 3.8) is 0 Å². The molecule has 2 nitrogen and oxygen atoms in total. The van der Waals surface area contributed by atoms with Crippen LogP contribution in [0, 0.1) is 11.6 Å². The van der Waals surface area contributed by atoms with Crippen LogP contribution < -0.4 is 0 Å². The molecule has 2 aromatic rings. The van der Waals surface area contributed by atoms with Crippen LogP contribution in [0.1, 0.15) is 0 Å². The van der Waals surface area contributed by atoms with E-state index in [1.165, 1.54) is 0 Å². The Morgan fingerprint density at radius 1 is 0.789 bits per heavy atom. The summed E-state index contributed by atoms with van der Waals surface area (Å²) < 4.78 is 50.8. The molecular formula is C12H6Cl2F2O2S. The second-order valence-electron chi connectivity index (χ2n) is 3.66. The summed E-state index contributed by atoms with van der Waals surface area (Å²) in [4.78, 5) is -0.618. The molecule has 0 aliphatic carbocycles. The molecule has 0 aliphatic rings. The fourth-order valence-corrected chi connectivity index (χ4v) is 2.94. The van der Waals surface area contributed by atoms with Crippen LogP contribution >= 0.6 is 23.2 Å². The van der Waals surface area contributed by atoms with Crippen molar-refractivity contribution in [2.45, 2.75) is 9.79 Å². The van der Waals surface area contributed by atoms with Gasteiger partial charge in [0.2, 0.25) is 9.84 Å². The van der Waals surface area contributed by atoms with Gasteiger partial charge in [-0.1, -0.05) is 23.2 Å². The zero-order valence-corrected chi connectivity index (χ0v) is 11.5. The lowest BCUT2D eigenvalue weighted by molar-refractivity contribution is 0.587. The molecule has 0 atom stereocenters. The smallest absolute Gasteiger partial charge is 0.206 e. The molecule has 0 radical (unpaired) electrons. The Kier molecular flexibility index (Phi) is 3.80. The van der Waals surface area contributed by atoms with E-state index in [1.54, 1.807) is 0 Å². The predicted octanol–water partition coefficient (Wildman–Crippen LogP) is 4.10. The van der Waals surface area contributed by atoms with E-state index in [4.69, 9.17) is 23.2 Å². The van der Waals surface area contributed by atoms with E-state index in [-0.39, 0.29) is 19.8 Å². The van der Waals surface area contributed by atoms with Crippen LogP contribution in [-0.4, -0.2) is 8.42 Å². The van der Waals surface area contributed by atoms with Crippen LogP contribution in [0.2, 0.25) is 10.0 Å². The quantitative estimate of drug-likeness (QED) is 0.834. The summed E-state index contributed by atoms with van der Waals surface area (Å²) in [6.45, 7) is 0. The van der Waals surface area contributed by atoms with Crippen LogP contribution in [0.15, 0.2) is 46.2 Å². The maximum atomic E-state index is 13.3. The number of rotatable bonds is 2. The molecule has 0 aromatic heterocycles. The van der Waals surface area contributed by atoms with Crippen molar-refractivity contribution in [2.75, 3.05) is 0 Å². The maximum Gasteiger partial charge on any atom is 0.206 e. The molecule has 0 bridgehead atoms. The largest absolute Gasteiger partial charge is 0.219 e. The Labute approximate surface area is 118 Å². The second kappa shape index (κ2) is 5.07. The van der Waals surface area contributed by atoms with Crippen molar-refractivity contribution in [1.82, 2.24) is 0 Å². The highest BCUT2D eigenvalue weighted by atomic mass is 35.5. The van der Waals surface area contributed by atoms with E-state index in [2.05, 4.69) is 0 Å². The van der Waals surface area contributed by atoms with Gasteiger partial charge in [-0.15, -0.1) is 0 Å². The molecule has 2 rings (SSSR count). The summed E-state index contributed by atoms with van der Waals surface area (Å²) in [6.07, 6.45) is 0. The topological polar surface area (TPSA) is 34.1 Å². The zero-order chi connectivity index (χ0) is 14.2. The lowest BCUT2D eigenvalue weighted by Gasteiger charge is -2.06. The predicted molar refractivity (Wildman–Crippen MR) is 68.3 cm³/mol. The first-order chi connectivity index (χ1) is 8.82. The molecule has 7 heteroatoms. The molecule has 0 amide bonds. The first kappa shape index (κ1) is 14.2. The third-order valence-electron chi connectivity index (χ3n) is 2.40. The van der Waals surface area contributed by atoms with E-state index in [9.17, 15) is 17.2 Å². The molecule has 0 saturated carbocycles. The third kappa shape index (κ3) is 2.73. The van der Waals surface area contributed by atoms with Gasteiger partial charge < -0.3 is 0 Å². The molecule has 0 saturated heterocycles. The minimum absolute atomic E-state index is 0.193. The summed E-state index contributed by atoms with van der Waals surface area (Å²) in [5, 5.41) is -0.387. The molecule has 19 heavy (non-hydrogen) atoms. The molecular weight excluding hydrogens is 317 g/mol. The minimum atomic E-state index is -4.01. The Hall–Kier alpha value is -1.17. The van der Waals surface area contributed by atoms with Gasteiger partial charge in [0.05, 0.1) is 19.8 Å². The monoisotopic (exact) mass is 322 g/mol. The third-order valence-corrected chi connectivity index (χ3v) is 4.76. The lowest BCUT2D eigenvalue weighted by atomic mass is 10.3. The fraction of sp³-hybridized carbons (Fsp3) is 0. The van der Waals surface area contributed by atoms with Crippen molar-refractivity contribution in [3.05, 3.63) is 58.1 Å². The number of benzene rings is 2. The average molecular weight is 323 g/mol. The molecule has 0 unspecified atom stereocenters. The zero-order valence-electron chi connectivity index (χ0n) is 9.20. The fourth-order valence-electron chi connectivity index (χ4n) is 1.42. The Morgan fingerprint density at radius 2 is 1.16 bits per heavy atom. The number of halogens is 4. The number of hydrogen-bond donors (Lipinski definition) is 0. The SMILES string of the molecule is O=S(=O)(c1ccc(Cl)c(F)c1)c1ccc(Cl)c(F)c1. The van der Waals surface area contributed by atoms with Crippen LogP contribution in [-0.2, 0) is 9.84 Å². The Morgan fingerprint density at radius 3 is 1.47 bits per heavy atom. The summed E-state index contributed by atoms with van der Waals surface area (Å²) in [7, 11) is -4.01. The highest BCUT2D eigenvalue weighted by molar-refractivity contribution is 7.91. The van der Waals surface area contributed by atoms with Crippen molar-refractivity contribution >= 4 is 33.0 Å². The molecule has 0 spiro atoms. The second-order valence-corrected chi connectivity index (χ2v) is 6.42. The average Bonchev–Trinajstić information content (AvgIpc) is 2.35. The van der Waals surface area contributed by atoms with Crippen molar-refractivity contribution in [3.8, 4) is 0 Å². The molecule has 100 valence electrons. The Bertz CT molecular complexity index is 688. The highest BCUT2D eigenvalue weighted by Gasteiger charge is 2.20. The van der Waals surface area contributed by atoms with Gasteiger partial charge >= 0.3 is 0 Å². The minimum Gasteiger partial charge on any atom is -0.219 e.